The van der Waals surface area contributed by atoms with Gasteiger partial charge in [0.05, 0.1) is 31.0 Å². The molecule has 0 aliphatic heterocycles. The number of aromatic nitrogens is 3. The Bertz CT molecular complexity index is 1180. The number of methoxy groups -OCH3 is 2. The van der Waals surface area contributed by atoms with Crippen molar-refractivity contribution in [1.29, 1.82) is 0 Å². The number of hydrogen-bond donors (Lipinski definition) is 1. The molecule has 0 bridgehead atoms. The third-order valence-corrected chi connectivity index (χ3v) is 10.4. The number of anilines is 3. The Morgan fingerprint density at radius 1 is 1.09 bits per heavy atom. The zero-order chi connectivity index (χ0) is 31.1. The van der Waals surface area contributed by atoms with Crippen LogP contribution in [0.1, 0.15) is 88.9 Å². The highest BCUT2D eigenvalue weighted by atomic mass is 28.3. The van der Waals surface area contributed by atoms with Crippen LogP contribution in [0.5, 0.6) is 0 Å². The molecular weight excluding hydrogens is 558 g/mol. The second-order valence-corrected chi connectivity index (χ2v) is 19.8. The Kier molecular flexibility index (Phi) is 11.7. The van der Waals surface area contributed by atoms with Gasteiger partial charge in [0, 0.05) is 40.3 Å². The molecule has 4 rings (SSSR count). The number of esters is 1. The second kappa shape index (κ2) is 15.0. The van der Waals surface area contributed by atoms with Crippen LogP contribution in [0.2, 0.25) is 25.7 Å². The fourth-order valence-corrected chi connectivity index (χ4v) is 6.56. The number of rotatable bonds is 16. The predicted molar refractivity (Wildman–Crippen MR) is 176 cm³/mol. The summed E-state index contributed by atoms with van der Waals surface area (Å²) in [6.07, 6.45) is 7.28. The van der Waals surface area contributed by atoms with E-state index in [0.717, 1.165) is 80.5 Å². The first-order valence-corrected chi connectivity index (χ1v) is 20.0. The molecule has 1 N–H and O–H groups in total. The summed E-state index contributed by atoms with van der Waals surface area (Å²) in [7, 11) is 2.08. The molecule has 1 heterocycles. The molecule has 43 heavy (non-hydrogen) atoms. The maximum atomic E-state index is 12.1. The minimum absolute atomic E-state index is 0.0162. The smallest absolute Gasteiger partial charge is 0.306 e. The molecule has 0 spiro atoms. The van der Waals surface area contributed by atoms with Crippen molar-refractivity contribution in [1.82, 2.24) is 14.8 Å². The van der Waals surface area contributed by atoms with Crippen molar-refractivity contribution in [2.45, 2.75) is 122 Å². The lowest BCUT2D eigenvalue weighted by Crippen LogP contribution is -2.41. The van der Waals surface area contributed by atoms with E-state index >= 15 is 0 Å². The number of nitrogens with one attached hydrogen (secondary N) is 1. The first kappa shape index (κ1) is 33.5. The molecule has 1 aromatic heterocycles. The topological polar surface area (TPSA) is 90.7 Å². The minimum Gasteiger partial charge on any atom is -0.469 e. The van der Waals surface area contributed by atoms with E-state index < -0.39 is 8.07 Å². The first-order valence-electron chi connectivity index (χ1n) is 16.3. The van der Waals surface area contributed by atoms with E-state index in [1.807, 2.05) is 11.8 Å². The lowest BCUT2D eigenvalue weighted by atomic mass is 9.90. The first-order chi connectivity index (χ1) is 20.5. The van der Waals surface area contributed by atoms with Crippen LogP contribution in [0.25, 0.3) is 0 Å². The summed E-state index contributed by atoms with van der Waals surface area (Å²) < 4.78 is 18.7. The molecule has 10 heteroatoms. The monoisotopic (exact) mass is 613 g/mol. The molecule has 0 radical (unpaired) electrons. The summed E-state index contributed by atoms with van der Waals surface area (Å²) in [6, 6.07) is 8.13. The van der Waals surface area contributed by atoms with Crippen molar-refractivity contribution in [3.63, 3.8) is 0 Å². The van der Waals surface area contributed by atoms with Crippen molar-refractivity contribution in [2.24, 2.45) is 5.92 Å². The van der Waals surface area contributed by atoms with Crippen molar-refractivity contribution in [3.8, 4) is 0 Å². The maximum Gasteiger partial charge on any atom is 0.306 e. The van der Waals surface area contributed by atoms with Gasteiger partial charge in [0.15, 0.2) is 5.82 Å². The number of carbonyl (C=O) groups is 1. The Balaban J connectivity index is 1.67. The van der Waals surface area contributed by atoms with E-state index in [0.29, 0.717) is 43.1 Å². The number of benzene rings is 1. The van der Waals surface area contributed by atoms with Gasteiger partial charge in [0.2, 0.25) is 5.95 Å². The van der Waals surface area contributed by atoms with Gasteiger partial charge < -0.3 is 24.4 Å². The molecule has 0 amide bonds. The van der Waals surface area contributed by atoms with E-state index in [2.05, 4.69) is 68.8 Å². The molecule has 2 aromatic rings. The Labute approximate surface area is 260 Å². The van der Waals surface area contributed by atoms with Gasteiger partial charge in [-0.3, -0.25) is 4.79 Å². The SMILES string of the molecule is COC(=O)C[C@@H](C)c1ccc(N(CC(C)C)[C@H]2CC[C@@H](OC)CC2)c(Nc2nc(C3CC3)nn2COCC[Si](C)(C)C)c1. The van der Waals surface area contributed by atoms with Crippen molar-refractivity contribution in [2.75, 3.05) is 37.6 Å². The molecule has 2 saturated carbocycles. The lowest BCUT2D eigenvalue weighted by molar-refractivity contribution is -0.140. The summed E-state index contributed by atoms with van der Waals surface area (Å²) in [5.74, 6) is 2.35. The molecule has 2 aliphatic rings. The minimum atomic E-state index is -1.19. The van der Waals surface area contributed by atoms with Crippen LogP contribution in [-0.2, 0) is 25.7 Å². The lowest BCUT2D eigenvalue weighted by Gasteiger charge is -2.40. The fourth-order valence-electron chi connectivity index (χ4n) is 5.80. The third kappa shape index (κ3) is 9.78. The number of nitrogens with zero attached hydrogens (tertiary/aromatic N) is 4. The van der Waals surface area contributed by atoms with Crippen LogP contribution in [0, 0.1) is 5.92 Å². The summed E-state index contributed by atoms with van der Waals surface area (Å²) in [5.41, 5.74) is 3.23. The average molecular weight is 614 g/mol. The fraction of sp³-hybridized carbons (Fsp3) is 0.727. The summed E-state index contributed by atoms with van der Waals surface area (Å²) in [4.78, 5) is 19.7. The van der Waals surface area contributed by atoms with Gasteiger partial charge in [-0.05, 0) is 74.1 Å². The number of ether oxygens (including phenoxy) is 3. The standard InChI is InChI=1S/C33H55N5O4Si/c1-23(2)21-37(27-12-14-28(40-4)15-13-27)30-16-11-26(24(3)19-31(39)41-5)20-29(30)34-33-35-32(25-9-10-25)36-38(33)22-42-17-18-43(6,7)8/h11,16,20,23-25,27-28H,9-10,12-15,17-19,21-22H2,1-8H3,(H,34,35,36)/t24-,27-,28+/m1/s1. The maximum absolute atomic E-state index is 12.1. The van der Waals surface area contributed by atoms with Crippen molar-refractivity contribution >= 4 is 31.4 Å². The van der Waals surface area contributed by atoms with Crippen molar-refractivity contribution in [3.05, 3.63) is 29.6 Å². The average Bonchev–Trinajstić information content (AvgIpc) is 3.75. The van der Waals surface area contributed by atoms with Crippen LogP contribution in [0.4, 0.5) is 17.3 Å². The zero-order valence-corrected chi connectivity index (χ0v) is 28.8. The highest BCUT2D eigenvalue weighted by Gasteiger charge is 2.31. The quantitative estimate of drug-likeness (QED) is 0.120. The zero-order valence-electron chi connectivity index (χ0n) is 27.8. The van der Waals surface area contributed by atoms with Gasteiger partial charge in [0.25, 0.3) is 0 Å². The van der Waals surface area contributed by atoms with Gasteiger partial charge in [-0.1, -0.05) is 46.5 Å². The molecule has 2 fully saturated rings. The highest BCUT2D eigenvalue weighted by Crippen LogP contribution is 2.40. The normalized spacial score (nSPS) is 19.8. The van der Waals surface area contributed by atoms with Gasteiger partial charge in [0.1, 0.15) is 6.73 Å². The van der Waals surface area contributed by atoms with Crippen LogP contribution < -0.4 is 10.2 Å². The summed E-state index contributed by atoms with van der Waals surface area (Å²) in [5, 5.41) is 8.59. The summed E-state index contributed by atoms with van der Waals surface area (Å²) >= 11 is 0. The van der Waals surface area contributed by atoms with E-state index in [-0.39, 0.29) is 11.9 Å². The van der Waals surface area contributed by atoms with E-state index in [1.54, 1.807) is 0 Å². The predicted octanol–water partition coefficient (Wildman–Crippen LogP) is 7.30. The second-order valence-electron chi connectivity index (χ2n) is 14.2. The molecule has 0 saturated heterocycles. The summed E-state index contributed by atoms with van der Waals surface area (Å²) in [6.45, 7) is 15.8. The number of hydrogen-bond acceptors (Lipinski definition) is 8. The van der Waals surface area contributed by atoms with Gasteiger partial charge >= 0.3 is 5.97 Å². The Morgan fingerprint density at radius 2 is 1.81 bits per heavy atom. The van der Waals surface area contributed by atoms with Gasteiger partial charge in [-0.15, -0.1) is 0 Å². The third-order valence-electron chi connectivity index (χ3n) is 8.67. The number of carbonyl (C=O) groups excluding carboxylic acids is 1. The van der Waals surface area contributed by atoms with Gasteiger partial charge in [-0.2, -0.15) is 10.1 Å². The van der Waals surface area contributed by atoms with E-state index in [9.17, 15) is 4.79 Å². The Hall–Kier alpha value is -2.43. The molecule has 1 aromatic carbocycles. The van der Waals surface area contributed by atoms with Crippen LogP contribution in [0.3, 0.4) is 0 Å². The van der Waals surface area contributed by atoms with E-state index in [1.165, 1.54) is 7.11 Å². The highest BCUT2D eigenvalue weighted by molar-refractivity contribution is 6.76. The Morgan fingerprint density at radius 3 is 2.42 bits per heavy atom. The molecular formula is C33H55N5O4Si. The van der Waals surface area contributed by atoms with Crippen LogP contribution >= 0.6 is 0 Å². The molecule has 240 valence electrons. The largest absolute Gasteiger partial charge is 0.469 e. The van der Waals surface area contributed by atoms with Gasteiger partial charge in [-0.25, -0.2) is 4.68 Å². The molecule has 1 atom stereocenters. The molecule has 9 nitrogen and oxygen atoms in total. The van der Waals surface area contributed by atoms with Crippen LogP contribution in [0.15, 0.2) is 18.2 Å². The van der Waals surface area contributed by atoms with E-state index in [4.69, 9.17) is 24.3 Å². The molecule has 0 unspecified atom stereocenters. The van der Waals surface area contributed by atoms with Crippen LogP contribution in [-0.4, -0.2) is 68.3 Å². The van der Waals surface area contributed by atoms with Crippen molar-refractivity contribution < 1.29 is 19.0 Å². The molecule has 2 aliphatic carbocycles.